The number of ether oxygens (including phenoxy) is 4. The number of primary amides is 1. The Bertz CT molecular complexity index is 1550. The summed E-state index contributed by atoms with van der Waals surface area (Å²) in [5, 5.41) is 6.59. The Balaban J connectivity index is 0.000000466. The van der Waals surface area contributed by atoms with Crippen LogP contribution in [0.4, 0.5) is 5.69 Å². The summed E-state index contributed by atoms with van der Waals surface area (Å²) in [5.41, 5.74) is 7.91. The summed E-state index contributed by atoms with van der Waals surface area (Å²) in [4.78, 5) is 42.7. The Labute approximate surface area is 342 Å². The lowest BCUT2D eigenvalue weighted by Crippen LogP contribution is -2.38. The Morgan fingerprint density at radius 2 is 1.28 bits per heavy atom. The summed E-state index contributed by atoms with van der Waals surface area (Å²) in [6, 6.07) is 7.54. The van der Waals surface area contributed by atoms with E-state index in [4.69, 9.17) is 34.5 Å². The second-order valence-electron chi connectivity index (χ2n) is 15.3. The number of amides is 2. The number of guanidine groups is 1. The molecule has 0 aromatic heterocycles. The number of hydrogen-bond acceptors (Lipinski definition) is 9. The molecular weight excluding hydrogens is 725 g/mol. The van der Waals surface area contributed by atoms with Crippen molar-refractivity contribution in [2.24, 2.45) is 22.6 Å². The lowest BCUT2D eigenvalue weighted by atomic mass is 9.83. The molecule has 0 saturated heterocycles. The Morgan fingerprint density at radius 3 is 1.79 bits per heavy atom. The van der Waals surface area contributed by atoms with Gasteiger partial charge >= 0.3 is 0 Å². The van der Waals surface area contributed by atoms with Crippen LogP contribution in [0.2, 0.25) is 0 Å². The van der Waals surface area contributed by atoms with Gasteiger partial charge < -0.3 is 49.9 Å². The topological polar surface area (TPSA) is 157 Å². The van der Waals surface area contributed by atoms with Gasteiger partial charge in [-0.05, 0) is 108 Å². The third-order valence-electron chi connectivity index (χ3n) is 10.6. The average molecular weight is 797 g/mol. The van der Waals surface area contributed by atoms with Gasteiger partial charge in [0.15, 0.2) is 5.96 Å². The minimum absolute atomic E-state index is 0.0808. The summed E-state index contributed by atoms with van der Waals surface area (Å²) in [6.45, 7) is 6.61. The molecule has 2 saturated carbocycles. The van der Waals surface area contributed by atoms with Crippen LogP contribution in [-0.4, -0.2) is 109 Å². The number of nitrogens with two attached hydrogens (primary N) is 1. The summed E-state index contributed by atoms with van der Waals surface area (Å²) in [5.74, 6) is 3.95. The van der Waals surface area contributed by atoms with Crippen molar-refractivity contribution in [3.8, 4) is 23.0 Å². The van der Waals surface area contributed by atoms with Gasteiger partial charge in [0.1, 0.15) is 29.3 Å². The molecule has 0 bridgehead atoms. The largest absolute Gasteiger partial charge is 0.496 e. The molecule has 2 amide bonds. The van der Waals surface area contributed by atoms with Crippen molar-refractivity contribution in [2.45, 2.75) is 110 Å². The highest BCUT2D eigenvalue weighted by Gasteiger charge is 2.26. The van der Waals surface area contributed by atoms with E-state index in [1.54, 1.807) is 14.2 Å². The molecule has 0 atom stereocenters. The second-order valence-corrected chi connectivity index (χ2v) is 15.3. The van der Waals surface area contributed by atoms with Crippen LogP contribution in [0.25, 0.3) is 0 Å². The molecule has 0 heterocycles. The maximum atomic E-state index is 13.0. The quantitative estimate of drug-likeness (QED) is 0.0722. The summed E-state index contributed by atoms with van der Waals surface area (Å²) in [7, 11) is 14.5. The van der Waals surface area contributed by atoms with E-state index in [-0.39, 0.29) is 28.8 Å². The zero-order valence-corrected chi connectivity index (χ0v) is 36.7. The number of hydrogen-bond donors (Lipinski definition) is 3. The number of anilines is 1. The molecule has 4 rings (SSSR count). The first kappa shape index (κ1) is 48.5. The molecule has 0 unspecified atom stereocenters. The zero-order valence-electron chi connectivity index (χ0n) is 36.7. The van der Waals surface area contributed by atoms with Crippen molar-refractivity contribution in [1.82, 2.24) is 15.1 Å². The van der Waals surface area contributed by atoms with E-state index >= 15 is 0 Å². The highest BCUT2D eigenvalue weighted by molar-refractivity contribution is 6.03. The predicted molar refractivity (Wildman–Crippen MR) is 230 cm³/mol. The molecule has 57 heavy (non-hydrogen) atoms. The van der Waals surface area contributed by atoms with Crippen molar-refractivity contribution in [3.05, 3.63) is 41.0 Å². The molecule has 2 fully saturated rings. The number of rotatable bonds is 15. The highest BCUT2D eigenvalue weighted by Crippen LogP contribution is 2.34. The van der Waals surface area contributed by atoms with E-state index in [0.717, 1.165) is 86.0 Å². The lowest BCUT2D eigenvalue weighted by Gasteiger charge is -2.29. The average Bonchev–Trinajstić information content (AvgIpc) is 3.19. The first-order valence-electron chi connectivity index (χ1n) is 20.4. The molecule has 320 valence electrons. The van der Waals surface area contributed by atoms with Gasteiger partial charge in [0.25, 0.3) is 11.8 Å². The highest BCUT2D eigenvalue weighted by atomic mass is 16.5. The first-order valence-corrected chi connectivity index (χ1v) is 20.4. The maximum Gasteiger partial charge on any atom is 0.255 e. The molecule has 13 nitrogen and oxygen atoms in total. The van der Waals surface area contributed by atoms with Gasteiger partial charge in [-0.15, -0.1) is 0 Å². The van der Waals surface area contributed by atoms with Crippen LogP contribution in [0.15, 0.2) is 29.3 Å². The fraction of sp³-hybridized carbons (Fsp3) is 0.636. The second kappa shape index (κ2) is 25.5. The predicted octanol–water partition coefficient (Wildman–Crippen LogP) is 7.34. The summed E-state index contributed by atoms with van der Waals surface area (Å²) in [6.07, 6.45) is 14.9. The molecule has 0 spiro atoms. The van der Waals surface area contributed by atoms with E-state index in [0.29, 0.717) is 17.7 Å². The normalized spacial score (nSPS) is 18.5. The minimum atomic E-state index is -0.663. The minimum Gasteiger partial charge on any atom is -0.496 e. The van der Waals surface area contributed by atoms with Gasteiger partial charge in [0.2, 0.25) is 0 Å². The van der Waals surface area contributed by atoms with E-state index in [2.05, 4.69) is 61.6 Å². The Hall–Kier alpha value is -4.68. The lowest BCUT2D eigenvalue weighted by molar-refractivity contribution is -0.106. The zero-order chi connectivity index (χ0) is 42.5. The van der Waals surface area contributed by atoms with Gasteiger partial charge in [-0.2, -0.15) is 0 Å². The molecule has 2 aromatic rings. The summed E-state index contributed by atoms with van der Waals surface area (Å²) >= 11 is 0. The molecule has 0 aliphatic heterocycles. The molecule has 2 aliphatic rings. The third kappa shape index (κ3) is 15.6. The van der Waals surface area contributed by atoms with Crippen molar-refractivity contribution >= 4 is 29.7 Å². The van der Waals surface area contributed by atoms with Crippen molar-refractivity contribution < 1.29 is 33.3 Å². The number of aryl methyl sites for hydroxylation is 1. The number of aliphatic imine (C=N–C) groups is 1. The number of carbonyl (C=O) groups is 3. The van der Waals surface area contributed by atoms with Gasteiger partial charge in [0.05, 0.1) is 51.3 Å². The van der Waals surface area contributed by atoms with Gasteiger partial charge in [0, 0.05) is 52.9 Å². The number of nitrogens with zero attached hydrogens (tertiary/aromatic N) is 3. The van der Waals surface area contributed by atoms with Crippen LogP contribution in [-0.2, 0) is 4.79 Å². The van der Waals surface area contributed by atoms with Gasteiger partial charge in [-0.1, -0.05) is 19.8 Å². The van der Waals surface area contributed by atoms with Crippen LogP contribution < -0.4 is 35.3 Å². The molecular formula is C44H72N6O7. The van der Waals surface area contributed by atoms with Crippen molar-refractivity contribution in [3.63, 3.8) is 0 Å². The Morgan fingerprint density at radius 1 is 0.772 bits per heavy atom. The van der Waals surface area contributed by atoms with Crippen LogP contribution in [0.3, 0.4) is 0 Å². The Kier molecular flexibility index (Phi) is 21.7. The fourth-order valence-corrected chi connectivity index (χ4v) is 7.70. The smallest absolute Gasteiger partial charge is 0.255 e. The molecule has 2 aliphatic carbocycles. The fourth-order valence-electron chi connectivity index (χ4n) is 7.70. The van der Waals surface area contributed by atoms with E-state index in [9.17, 15) is 9.59 Å². The van der Waals surface area contributed by atoms with Gasteiger partial charge in [-0.3, -0.25) is 9.59 Å². The molecule has 2 aromatic carbocycles. The van der Waals surface area contributed by atoms with Crippen molar-refractivity contribution in [2.75, 3.05) is 68.5 Å². The molecule has 13 heteroatoms. The van der Waals surface area contributed by atoms with Crippen LogP contribution in [0, 0.1) is 18.8 Å². The first-order chi connectivity index (χ1) is 27.3. The van der Waals surface area contributed by atoms with E-state index < -0.39 is 5.91 Å². The molecule has 0 radical (unpaired) electrons. The third-order valence-corrected chi connectivity index (χ3v) is 10.6. The number of benzene rings is 2. The van der Waals surface area contributed by atoms with E-state index in [1.807, 2.05) is 13.0 Å². The number of carbonyl (C=O) groups excluding carboxylic acids is 3. The number of nitrogens with one attached hydrogen (secondary N) is 2. The van der Waals surface area contributed by atoms with Crippen LogP contribution in [0.1, 0.15) is 117 Å². The maximum absolute atomic E-state index is 13.0. The SMILES string of the molecule is CC=O.CCCC1CCC(N=C(N(C)C)N(C)C)CC1.COc1cc(OC)c(NCCCC2CCC(NC(=O)c3cc(C(N)=O)c(OC)cc3OC)CC2)cc1C. The van der Waals surface area contributed by atoms with E-state index in [1.165, 1.54) is 71.8 Å². The number of aldehydes is 1. The standard InChI is InChI=1S/C28H39N3O6.C14H29N3.C2H4O/c1-17-13-22(26(37-5)15-23(17)34-2)30-12-6-7-18-8-10-19(11-9-18)31-28(33)21-14-20(27(29)32)24(35-3)16-25(21)36-4;1-6-7-12-8-10-13(11-9-12)15-14(16(2)3)17(4)5;1-2-3/h13-16,18-19,30H,6-12H2,1-5H3,(H2,29,32)(H,31,33);12-13H,6-11H2,1-5H3;2H,1H3. The molecule has 4 N–H and O–H groups in total. The van der Waals surface area contributed by atoms with Crippen molar-refractivity contribution in [1.29, 1.82) is 0 Å². The monoisotopic (exact) mass is 797 g/mol. The van der Waals surface area contributed by atoms with Crippen LogP contribution >= 0.6 is 0 Å². The van der Waals surface area contributed by atoms with Gasteiger partial charge in [-0.25, -0.2) is 4.99 Å². The number of methoxy groups -OCH3 is 4. The van der Waals surface area contributed by atoms with Crippen LogP contribution in [0.5, 0.6) is 23.0 Å². The summed E-state index contributed by atoms with van der Waals surface area (Å²) < 4.78 is 21.4.